The molecule has 0 saturated heterocycles. The molecule has 0 saturated carbocycles. The zero-order chi connectivity index (χ0) is 12.8. The standard InChI is InChI=1S/C15H16O2Se/c1-17-13-9-7-12(8-10-13)15(16)11-18-14-5-3-2-4-6-14/h2-10,15-16H,11H2,1H3. The Morgan fingerprint density at radius 2 is 1.72 bits per heavy atom. The first kappa shape index (κ1) is 13.2. The number of rotatable bonds is 5. The molecule has 0 spiro atoms. The van der Waals surface area contributed by atoms with E-state index >= 15 is 0 Å². The van der Waals surface area contributed by atoms with Gasteiger partial charge in [-0.05, 0) is 0 Å². The number of aliphatic hydroxyl groups is 1. The molecule has 0 aliphatic rings. The number of ether oxygens (including phenoxy) is 1. The molecule has 1 N–H and O–H groups in total. The van der Waals surface area contributed by atoms with Crippen LogP contribution in [0.4, 0.5) is 0 Å². The average molecular weight is 307 g/mol. The molecule has 1 atom stereocenters. The van der Waals surface area contributed by atoms with Gasteiger partial charge < -0.3 is 0 Å². The van der Waals surface area contributed by atoms with Gasteiger partial charge in [-0.3, -0.25) is 0 Å². The summed E-state index contributed by atoms with van der Waals surface area (Å²) in [7, 11) is 1.64. The Kier molecular flexibility index (Phi) is 4.82. The summed E-state index contributed by atoms with van der Waals surface area (Å²) in [5.74, 6) is 0.819. The topological polar surface area (TPSA) is 29.5 Å². The second kappa shape index (κ2) is 6.60. The van der Waals surface area contributed by atoms with Gasteiger partial charge in [0.05, 0.1) is 0 Å². The number of hydrogen-bond acceptors (Lipinski definition) is 2. The molecule has 2 rings (SSSR count). The minimum absolute atomic E-state index is 0.306. The molecule has 0 heterocycles. The molecule has 0 radical (unpaired) electrons. The predicted octanol–water partition coefficient (Wildman–Crippen LogP) is 2.18. The average Bonchev–Trinajstić information content (AvgIpc) is 2.46. The number of aliphatic hydroxyl groups excluding tert-OH is 1. The number of hydrogen-bond donors (Lipinski definition) is 1. The molecule has 0 aromatic heterocycles. The van der Waals surface area contributed by atoms with Crippen LogP contribution in [0.2, 0.25) is 5.32 Å². The normalized spacial score (nSPS) is 12.1. The Hall–Kier alpha value is -1.28. The molecule has 0 amide bonds. The molecule has 94 valence electrons. The predicted molar refractivity (Wildman–Crippen MR) is 74.6 cm³/mol. The van der Waals surface area contributed by atoms with Gasteiger partial charge in [0.2, 0.25) is 0 Å². The summed E-state index contributed by atoms with van der Waals surface area (Å²) in [6.45, 7) is 0. The van der Waals surface area contributed by atoms with Gasteiger partial charge in [-0.25, -0.2) is 0 Å². The summed E-state index contributed by atoms with van der Waals surface area (Å²) in [4.78, 5) is 0. The van der Waals surface area contributed by atoms with Crippen LogP contribution in [0, 0.1) is 0 Å². The Morgan fingerprint density at radius 3 is 2.33 bits per heavy atom. The summed E-state index contributed by atoms with van der Waals surface area (Å²) in [6.07, 6.45) is -0.392. The molecular formula is C15H16O2Se. The minimum atomic E-state index is -0.392. The van der Waals surface area contributed by atoms with Crippen LogP contribution < -0.4 is 9.20 Å². The van der Waals surface area contributed by atoms with E-state index in [0.29, 0.717) is 15.0 Å². The van der Waals surface area contributed by atoms with E-state index in [2.05, 4.69) is 12.1 Å². The molecule has 2 aromatic rings. The third-order valence-corrected chi connectivity index (χ3v) is 4.93. The molecule has 18 heavy (non-hydrogen) atoms. The van der Waals surface area contributed by atoms with E-state index in [-0.39, 0.29) is 0 Å². The van der Waals surface area contributed by atoms with Crippen LogP contribution in [0.5, 0.6) is 5.75 Å². The summed E-state index contributed by atoms with van der Waals surface area (Å²) < 4.78 is 6.42. The summed E-state index contributed by atoms with van der Waals surface area (Å²) >= 11 is 0.306. The molecule has 1 unspecified atom stereocenters. The third-order valence-electron chi connectivity index (χ3n) is 2.65. The van der Waals surface area contributed by atoms with Crippen LogP contribution in [-0.4, -0.2) is 27.2 Å². The Bertz CT molecular complexity index is 468. The van der Waals surface area contributed by atoms with Crippen LogP contribution in [-0.2, 0) is 0 Å². The van der Waals surface area contributed by atoms with Crippen molar-refractivity contribution < 1.29 is 9.84 Å². The van der Waals surface area contributed by atoms with Crippen LogP contribution in [0.1, 0.15) is 11.7 Å². The van der Waals surface area contributed by atoms with Crippen LogP contribution >= 0.6 is 0 Å². The Balaban J connectivity index is 1.93. The second-order valence-electron chi connectivity index (χ2n) is 3.91. The Morgan fingerprint density at radius 1 is 1.06 bits per heavy atom. The zero-order valence-electron chi connectivity index (χ0n) is 10.2. The van der Waals surface area contributed by atoms with Crippen LogP contribution in [0.15, 0.2) is 54.6 Å². The van der Waals surface area contributed by atoms with Gasteiger partial charge >= 0.3 is 114 Å². The molecule has 0 bridgehead atoms. The second-order valence-corrected chi connectivity index (χ2v) is 6.21. The first-order valence-corrected chi connectivity index (χ1v) is 7.86. The fourth-order valence-corrected chi connectivity index (χ4v) is 3.49. The number of methoxy groups -OCH3 is 1. The summed E-state index contributed by atoms with van der Waals surface area (Å²) in [5, 5.41) is 10.9. The van der Waals surface area contributed by atoms with Gasteiger partial charge in [0, 0.05) is 0 Å². The first-order valence-electron chi connectivity index (χ1n) is 5.79. The van der Waals surface area contributed by atoms with Crippen molar-refractivity contribution in [2.75, 3.05) is 7.11 Å². The van der Waals surface area contributed by atoms with Gasteiger partial charge in [-0.1, -0.05) is 0 Å². The molecule has 3 heteroatoms. The van der Waals surface area contributed by atoms with E-state index in [1.807, 2.05) is 42.5 Å². The Labute approximate surface area is 114 Å². The summed E-state index contributed by atoms with van der Waals surface area (Å²) in [6, 6.07) is 17.9. The van der Waals surface area contributed by atoms with Gasteiger partial charge in [0.1, 0.15) is 0 Å². The van der Waals surface area contributed by atoms with Crippen molar-refractivity contribution in [1.82, 2.24) is 0 Å². The van der Waals surface area contributed by atoms with Gasteiger partial charge in [0.15, 0.2) is 0 Å². The molecular weight excluding hydrogens is 291 g/mol. The van der Waals surface area contributed by atoms with E-state index in [1.54, 1.807) is 7.11 Å². The van der Waals surface area contributed by atoms with Gasteiger partial charge in [-0.15, -0.1) is 0 Å². The van der Waals surface area contributed by atoms with Crippen molar-refractivity contribution in [2.24, 2.45) is 0 Å². The van der Waals surface area contributed by atoms with Crippen molar-refractivity contribution in [3.63, 3.8) is 0 Å². The van der Waals surface area contributed by atoms with Crippen molar-refractivity contribution in [3.8, 4) is 5.75 Å². The monoisotopic (exact) mass is 308 g/mol. The molecule has 2 nitrogen and oxygen atoms in total. The summed E-state index contributed by atoms with van der Waals surface area (Å²) in [5.41, 5.74) is 0.952. The fraction of sp³-hybridized carbons (Fsp3) is 0.200. The maximum atomic E-state index is 10.1. The van der Waals surface area contributed by atoms with Crippen molar-refractivity contribution in [2.45, 2.75) is 11.4 Å². The SMILES string of the molecule is COc1ccc(C(O)C[Se]c2ccccc2)cc1. The first-order chi connectivity index (χ1) is 8.79. The molecule has 2 aromatic carbocycles. The molecule has 0 aliphatic carbocycles. The van der Waals surface area contributed by atoms with E-state index in [9.17, 15) is 5.11 Å². The van der Waals surface area contributed by atoms with Gasteiger partial charge in [0.25, 0.3) is 0 Å². The van der Waals surface area contributed by atoms with E-state index in [0.717, 1.165) is 16.6 Å². The van der Waals surface area contributed by atoms with Crippen molar-refractivity contribution >= 4 is 19.4 Å². The van der Waals surface area contributed by atoms with E-state index in [4.69, 9.17) is 4.74 Å². The maximum absolute atomic E-state index is 10.1. The van der Waals surface area contributed by atoms with E-state index in [1.165, 1.54) is 4.46 Å². The van der Waals surface area contributed by atoms with E-state index < -0.39 is 6.10 Å². The molecule has 0 aliphatic heterocycles. The van der Waals surface area contributed by atoms with Crippen LogP contribution in [0.3, 0.4) is 0 Å². The van der Waals surface area contributed by atoms with Crippen LogP contribution in [0.25, 0.3) is 0 Å². The van der Waals surface area contributed by atoms with Crippen molar-refractivity contribution in [1.29, 1.82) is 0 Å². The third kappa shape index (κ3) is 3.61. The van der Waals surface area contributed by atoms with Crippen molar-refractivity contribution in [3.05, 3.63) is 60.2 Å². The van der Waals surface area contributed by atoms with Gasteiger partial charge in [-0.2, -0.15) is 0 Å². The number of benzene rings is 2. The quantitative estimate of drug-likeness (QED) is 0.858. The molecule has 0 fully saturated rings. The fourth-order valence-electron chi connectivity index (χ4n) is 1.61. The zero-order valence-corrected chi connectivity index (χ0v) is 12.0.